The molecule has 2 N–H and O–H groups in total. The number of likely N-dealkylation sites (tertiary alicyclic amines) is 2. The molecule has 2 aliphatic heterocycles. The average Bonchev–Trinajstić information content (AvgIpc) is 3.44. The van der Waals surface area contributed by atoms with Crippen LogP contribution in [0.1, 0.15) is 104 Å². The number of amides is 2. The van der Waals surface area contributed by atoms with Crippen LogP contribution >= 0.6 is 0 Å². The first-order chi connectivity index (χ1) is 15.3. The zero-order chi connectivity index (χ0) is 23.9. The van der Waals surface area contributed by atoms with Gasteiger partial charge in [0.2, 0.25) is 11.8 Å². The van der Waals surface area contributed by atoms with Gasteiger partial charge in [0.05, 0.1) is 0 Å². The lowest BCUT2D eigenvalue weighted by atomic mass is 10.1. The Morgan fingerprint density at radius 3 is 1.44 bits per heavy atom. The monoisotopic (exact) mass is 454 g/mol. The SMILES string of the molecule is CCCCCC(=O)N1CCC[C@H]1C(=O)O.CCCCCCCC(=O)N1CCCC1C(=O)O. The van der Waals surface area contributed by atoms with Gasteiger partial charge in [0.25, 0.3) is 0 Å². The van der Waals surface area contributed by atoms with E-state index in [4.69, 9.17) is 10.2 Å². The fourth-order valence-electron chi connectivity index (χ4n) is 4.34. The van der Waals surface area contributed by atoms with Gasteiger partial charge in [-0.05, 0) is 38.5 Å². The maximum absolute atomic E-state index is 11.9. The first-order valence-corrected chi connectivity index (χ1v) is 12.4. The lowest BCUT2D eigenvalue weighted by molar-refractivity contribution is -0.148. The summed E-state index contributed by atoms with van der Waals surface area (Å²) >= 11 is 0. The van der Waals surface area contributed by atoms with Crippen molar-refractivity contribution in [2.75, 3.05) is 13.1 Å². The summed E-state index contributed by atoms with van der Waals surface area (Å²) in [5, 5.41) is 17.9. The Labute approximate surface area is 192 Å². The van der Waals surface area contributed by atoms with Gasteiger partial charge in [0, 0.05) is 25.9 Å². The summed E-state index contributed by atoms with van der Waals surface area (Å²) in [6.07, 6.45) is 12.4. The molecule has 2 rings (SSSR count). The number of hydrogen-bond donors (Lipinski definition) is 2. The summed E-state index contributed by atoms with van der Waals surface area (Å²) in [6, 6.07) is -1.14. The molecule has 0 aromatic rings. The van der Waals surface area contributed by atoms with E-state index in [1.54, 1.807) is 4.90 Å². The summed E-state index contributed by atoms with van der Waals surface area (Å²) in [4.78, 5) is 48.4. The van der Waals surface area contributed by atoms with Gasteiger partial charge < -0.3 is 20.0 Å². The zero-order valence-electron chi connectivity index (χ0n) is 19.9. The minimum absolute atomic E-state index is 0.00773. The second kappa shape index (κ2) is 15.6. The molecule has 8 nitrogen and oxygen atoms in total. The molecule has 2 heterocycles. The number of carbonyl (C=O) groups excluding carboxylic acids is 2. The molecular weight excluding hydrogens is 412 g/mol. The highest BCUT2D eigenvalue weighted by Gasteiger charge is 2.34. The second-order valence-electron chi connectivity index (χ2n) is 8.79. The van der Waals surface area contributed by atoms with E-state index in [1.165, 1.54) is 24.2 Å². The van der Waals surface area contributed by atoms with Crippen molar-refractivity contribution in [3.63, 3.8) is 0 Å². The molecular formula is C24H42N2O6. The van der Waals surface area contributed by atoms with Gasteiger partial charge in [-0.3, -0.25) is 9.59 Å². The molecule has 2 fully saturated rings. The van der Waals surface area contributed by atoms with E-state index in [0.717, 1.165) is 44.9 Å². The lowest BCUT2D eigenvalue weighted by Crippen LogP contribution is -2.40. The Hall–Kier alpha value is -2.12. The molecule has 2 aliphatic rings. The van der Waals surface area contributed by atoms with E-state index in [-0.39, 0.29) is 11.8 Å². The first-order valence-electron chi connectivity index (χ1n) is 12.4. The second-order valence-corrected chi connectivity index (χ2v) is 8.79. The van der Waals surface area contributed by atoms with Gasteiger partial charge in [-0.1, -0.05) is 52.4 Å². The Morgan fingerprint density at radius 1 is 0.656 bits per heavy atom. The minimum atomic E-state index is -0.864. The number of aliphatic carboxylic acids is 2. The fraction of sp³-hybridized carbons (Fsp3) is 0.833. The van der Waals surface area contributed by atoms with Gasteiger partial charge in [-0.15, -0.1) is 0 Å². The van der Waals surface area contributed by atoms with Crippen LogP contribution in [0.3, 0.4) is 0 Å². The third kappa shape index (κ3) is 9.57. The first kappa shape index (κ1) is 27.9. The van der Waals surface area contributed by atoms with E-state index in [1.807, 2.05) is 0 Å². The van der Waals surface area contributed by atoms with Crippen LogP contribution < -0.4 is 0 Å². The largest absolute Gasteiger partial charge is 0.480 e. The molecule has 8 heteroatoms. The molecule has 0 bridgehead atoms. The predicted octanol–water partition coefficient (Wildman–Crippen LogP) is 4.06. The van der Waals surface area contributed by atoms with Gasteiger partial charge in [0.15, 0.2) is 0 Å². The number of rotatable bonds is 12. The molecule has 1 unspecified atom stereocenters. The quantitative estimate of drug-likeness (QED) is 0.430. The van der Waals surface area contributed by atoms with Crippen molar-refractivity contribution in [1.82, 2.24) is 9.80 Å². The van der Waals surface area contributed by atoms with E-state index >= 15 is 0 Å². The zero-order valence-corrected chi connectivity index (χ0v) is 19.9. The van der Waals surface area contributed by atoms with Gasteiger partial charge in [0.1, 0.15) is 12.1 Å². The van der Waals surface area contributed by atoms with Crippen LogP contribution in [0.15, 0.2) is 0 Å². The molecule has 0 radical (unpaired) electrons. The van der Waals surface area contributed by atoms with Gasteiger partial charge in [-0.2, -0.15) is 0 Å². The third-order valence-corrected chi connectivity index (χ3v) is 6.20. The molecule has 2 atom stereocenters. The van der Waals surface area contributed by atoms with Crippen LogP contribution in [-0.4, -0.2) is 68.9 Å². The molecule has 2 amide bonds. The number of unbranched alkanes of at least 4 members (excludes halogenated alkanes) is 6. The van der Waals surface area contributed by atoms with Crippen molar-refractivity contribution in [3.8, 4) is 0 Å². The van der Waals surface area contributed by atoms with E-state index in [2.05, 4.69) is 13.8 Å². The normalized spacial score (nSPS) is 20.1. The highest BCUT2D eigenvalue weighted by Crippen LogP contribution is 2.20. The Kier molecular flexibility index (Phi) is 13.6. The smallest absolute Gasteiger partial charge is 0.326 e. The highest BCUT2D eigenvalue weighted by atomic mass is 16.4. The summed E-state index contributed by atoms with van der Waals surface area (Å²) < 4.78 is 0. The minimum Gasteiger partial charge on any atom is -0.480 e. The number of carbonyl (C=O) groups is 4. The number of carboxylic acid groups (broad SMARTS) is 2. The van der Waals surface area contributed by atoms with E-state index in [9.17, 15) is 19.2 Å². The maximum atomic E-state index is 11.9. The van der Waals surface area contributed by atoms with Crippen LogP contribution in [-0.2, 0) is 19.2 Å². The molecule has 0 aliphatic carbocycles. The molecule has 0 aromatic carbocycles. The van der Waals surface area contributed by atoms with Crippen LogP contribution in [0.4, 0.5) is 0 Å². The molecule has 0 saturated carbocycles. The van der Waals surface area contributed by atoms with Crippen molar-refractivity contribution < 1.29 is 29.4 Å². The summed E-state index contributed by atoms with van der Waals surface area (Å²) in [7, 11) is 0. The van der Waals surface area contributed by atoms with E-state index < -0.39 is 24.0 Å². The predicted molar refractivity (Wildman–Crippen MR) is 122 cm³/mol. The lowest BCUT2D eigenvalue weighted by Gasteiger charge is -2.21. The van der Waals surface area contributed by atoms with Crippen LogP contribution in [0.2, 0.25) is 0 Å². The van der Waals surface area contributed by atoms with Crippen molar-refractivity contribution in [2.45, 2.75) is 116 Å². The van der Waals surface area contributed by atoms with Crippen LogP contribution in [0.25, 0.3) is 0 Å². The Bertz CT molecular complexity index is 609. The average molecular weight is 455 g/mol. The van der Waals surface area contributed by atoms with Crippen molar-refractivity contribution >= 4 is 23.8 Å². The van der Waals surface area contributed by atoms with Gasteiger partial charge >= 0.3 is 11.9 Å². The highest BCUT2D eigenvalue weighted by molar-refractivity contribution is 5.84. The number of carboxylic acids is 2. The number of hydrogen-bond acceptors (Lipinski definition) is 4. The molecule has 0 spiro atoms. The summed E-state index contributed by atoms with van der Waals surface area (Å²) in [6.45, 7) is 5.47. The molecule has 0 aromatic heterocycles. The molecule has 2 saturated heterocycles. The van der Waals surface area contributed by atoms with Gasteiger partial charge in [-0.25, -0.2) is 9.59 Å². The van der Waals surface area contributed by atoms with Crippen molar-refractivity contribution in [2.24, 2.45) is 0 Å². The Balaban J connectivity index is 0.000000323. The maximum Gasteiger partial charge on any atom is 0.326 e. The fourth-order valence-corrected chi connectivity index (χ4v) is 4.34. The standard InChI is InChI=1S/C13H23NO3.C11H19NO3/c1-2-3-4-5-6-9-12(15)14-10-7-8-11(14)13(16)17;1-2-3-4-7-10(13)12-8-5-6-9(12)11(14)15/h11H,2-10H2,1H3,(H,16,17);9H,2-8H2,1H3,(H,14,15)/t;9-/m.0/s1. The Morgan fingerprint density at radius 2 is 1.03 bits per heavy atom. The third-order valence-electron chi connectivity index (χ3n) is 6.20. The molecule has 32 heavy (non-hydrogen) atoms. The van der Waals surface area contributed by atoms with Crippen molar-refractivity contribution in [3.05, 3.63) is 0 Å². The van der Waals surface area contributed by atoms with Crippen LogP contribution in [0.5, 0.6) is 0 Å². The molecule has 184 valence electrons. The summed E-state index contributed by atoms with van der Waals surface area (Å²) in [5.41, 5.74) is 0. The van der Waals surface area contributed by atoms with E-state index in [0.29, 0.717) is 38.8 Å². The summed E-state index contributed by atoms with van der Waals surface area (Å²) in [5.74, 6) is -1.70. The number of nitrogens with zero attached hydrogens (tertiary/aromatic N) is 2. The van der Waals surface area contributed by atoms with Crippen LogP contribution in [0, 0.1) is 0 Å². The van der Waals surface area contributed by atoms with Crippen molar-refractivity contribution in [1.29, 1.82) is 0 Å². The topological polar surface area (TPSA) is 115 Å².